The molecule has 0 aliphatic heterocycles. The van der Waals surface area contributed by atoms with Crippen LogP contribution in [-0.2, 0) is 0 Å². The van der Waals surface area contributed by atoms with Crippen molar-refractivity contribution in [1.29, 1.82) is 0 Å². The van der Waals surface area contributed by atoms with Crippen molar-refractivity contribution in [2.75, 3.05) is 6.54 Å². The summed E-state index contributed by atoms with van der Waals surface area (Å²) in [5, 5.41) is 3.11. The molecule has 0 saturated carbocycles. The highest BCUT2D eigenvalue weighted by atomic mass is 79.9. The average Bonchev–Trinajstić information content (AvgIpc) is 2.27. The number of nitrogens with two attached hydrogens (primary N) is 1. The van der Waals surface area contributed by atoms with Gasteiger partial charge in [-0.15, -0.1) is 0 Å². The number of hydrogen-bond acceptors (Lipinski definition) is 2. The van der Waals surface area contributed by atoms with E-state index in [2.05, 4.69) is 26.2 Å². The lowest BCUT2D eigenvalue weighted by Crippen LogP contribution is -2.45. The van der Waals surface area contributed by atoms with Crippen molar-refractivity contribution in [3.63, 3.8) is 0 Å². The SMILES string of the molecule is CC(CN=C(N)NC(C)(C)C)Oc1ccccc1Br. The lowest BCUT2D eigenvalue weighted by atomic mass is 10.1. The van der Waals surface area contributed by atoms with Crippen LogP contribution in [0.3, 0.4) is 0 Å². The quantitative estimate of drug-likeness (QED) is 0.660. The number of ether oxygens (including phenoxy) is 1. The zero-order valence-electron chi connectivity index (χ0n) is 11.9. The second-order valence-corrected chi connectivity index (χ2v) is 6.31. The molecule has 0 radical (unpaired) electrons. The molecule has 19 heavy (non-hydrogen) atoms. The number of aliphatic imine (C=N–C) groups is 1. The molecule has 0 bridgehead atoms. The summed E-state index contributed by atoms with van der Waals surface area (Å²) >= 11 is 3.45. The van der Waals surface area contributed by atoms with E-state index in [0.717, 1.165) is 10.2 Å². The predicted octanol–water partition coefficient (Wildman–Crippen LogP) is 2.92. The van der Waals surface area contributed by atoms with E-state index in [0.29, 0.717) is 12.5 Å². The maximum Gasteiger partial charge on any atom is 0.189 e. The summed E-state index contributed by atoms with van der Waals surface area (Å²) in [6, 6.07) is 7.75. The summed E-state index contributed by atoms with van der Waals surface area (Å²) in [5.74, 6) is 1.25. The Kier molecular flexibility index (Phi) is 5.66. The molecule has 0 amide bonds. The second-order valence-electron chi connectivity index (χ2n) is 5.46. The summed E-state index contributed by atoms with van der Waals surface area (Å²) in [7, 11) is 0. The number of rotatable bonds is 4. The third-order valence-corrected chi connectivity index (χ3v) is 2.84. The van der Waals surface area contributed by atoms with E-state index in [1.165, 1.54) is 0 Å². The Morgan fingerprint density at radius 3 is 2.63 bits per heavy atom. The number of hydrogen-bond donors (Lipinski definition) is 2. The molecule has 1 aromatic rings. The van der Waals surface area contributed by atoms with Gasteiger partial charge in [0, 0.05) is 5.54 Å². The molecule has 0 aliphatic rings. The van der Waals surface area contributed by atoms with E-state index in [1.807, 2.05) is 52.0 Å². The van der Waals surface area contributed by atoms with Gasteiger partial charge in [-0.2, -0.15) is 0 Å². The third kappa shape index (κ3) is 6.47. The Balaban J connectivity index is 2.50. The third-order valence-electron chi connectivity index (χ3n) is 2.19. The lowest BCUT2D eigenvalue weighted by Gasteiger charge is -2.21. The van der Waals surface area contributed by atoms with Crippen LogP contribution in [0.4, 0.5) is 0 Å². The second kappa shape index (κ2) is 6.80. The number of benzene rings is 1. The summed E-state index contributed by atoms with van der Waals surface area (Å²) in [4.78, 5) is 4.28. The number of para-hydroxylation sites is 1. The van der Waals surface area contributed by atoms with Gasteiger partial charge in [-0.3, -0.25) is 0 Å². The van der Waals surface area contributed by atoms with Gasteiger partial charge in [-0.05, 0) is 55.8 Å². The number of halogens is 1. The highest BCUT2D eigenvalue weighted by Gasteiger charge is 2.11. The van der Waals surface area contributed by atoms with Crippen LogP contribution in [0, 0.1) is 0 Å². The molecule has 1 rings (SSSR count). The van der Waals surface area contributed by atoms with Crippen molar-refractivity contribution in [1.82, 2.24) is 5.32 Å². The minimum Gasteiger partial charge on any atom is -0.488 e. The zero-order chi connectivity index (χ0) is 14.5. The molecule has 3 N–H and O–H groups in total. The van der Waals surface area contributed by atoms with Crippen molar-refractivity contribution in [3.8, 4) is 5.75 Å². The van der Waals surface area contributed by atoms with Gasteiger partial charge in [-0.25, -0.2) is 4.99 Å². The van der Waals surface area contributed by atoms with Crippen LogP contribution in [0.2, 0.25) is 0 Å². The first-order chi connectivity index (χ1) is 8.78. The largest absolute Gasteiger partial charge is 0.488 e. The van der Waals surface area contributed by atoms with E-state index in [1.54, 1.807) is 0 Å². The lowest BCUT2D eigenvalue weighted by molar-refractivity contribution is 0.228. The van der Waals surface area contributed by atoms with Crippen LogP contribution < -0.4 is 15.8 Å². The topological polar surface area (TPSA) is 59.6 Å². The summed E-state index contributed by atoms with van der Waals surface area (Å²) in [6.07, 6.45) is -0.0426. The Hall–Kier alpha value is -1.23. The minimum absolute atomic E-state index is 0.0426. The molecular formula is C14H22BrN3O. The smallest absolute Gasteiger partial charge is 0.189 e. The monoisotopic (exact) mass is 327 g/mol. The van der Waals surface area contributed by atoms with Crippen molar-refractivity contribution in [2.24, 2.45) is 10.7 Å². The van der Waals surface area contributed by atoms with Gasteiger partial charge in [0.15, 0.2) is 5.96 Å². The number of nitrogens with one attached hydrogen (secondary N) is 1. The van der Waals surface area contributed by atoms with Crippen molar-refractivity contribution < 1.29 is 4.74 Å². The zero-order valence-corrected chi connectivity index (χ0v) is 13.5. The van der Waals surface area contributed by atoms with Gasteiger partial charge in [0.25, 0.3) is 0 Å². The first kappa shape index (κ1) is 15.8. The molecule has 0 saturated heterocycles. The Morgan fingerprint density at radius 2 is 2.05 bits per heavy atom. The van der Waals surface area contributed by atoms with Crippen molar-refractivity contribution in [3.05, 3.63) is 28.7 Å². The molecule has 0 heterocycles. The molecular weight excluding hydrogens is 306 g/mol. The van der Waals surface area contributed by atoms with Crippen LogP contribution >= 0.6 is 15.9 Å². The van der Waals surface area contributed by atoms with Gasteiger partial charge in [-0.1, -0.05) is 12.1 Å². The Bertz CT molecular complexity index is 441. The van der Waals surface area contributed by atoms with Crippen LogP contribution in [0.15, 0.2) is 33.7 Å². The fourth-order valence-electron chi connectivity index (χ4n) is 1.44. The van der Waals surface area contributed by atoms with E-state index < -0.39 is 0 Å². The molecule has 0 fully saturated rings. The Labute approximate surface area is 123 Å². The van der Waals surface area contributed by atoms with E-state index in [-0.39, 0.29) is 11.6 Å². The molecule has 1 aromatic carbocycles. The van der Waals surface area contributed by atoms with Gasteiger partial charge < -0.3 is 15.8 Å². The molecule has 4 nitrogen and oxygen atoms in total. The maximum atomic E-state index is 5.81. The number of nitrogens with zero attached hydrogens (tertiary/aromatic N) is 1. The minimum atomic E-state index is -0.0832. The summed E-state index contributed by atoms with van der Waals surface area (Å²) in [6.45, 7) is 8.59. The highest BCUT2D eigenvalue weighted by molar-refractivity contribution is 9.10. The normalized spacial score (nSPS) is 14.1. The molecule has 106 valence electrons. The van der Waals surface area contributed by atoms with Gasteiger partial charge >= 0.3 is 0 Å². The van der Waals surface area contributed by atoms with Gasteiger partial charge in [0.1, 0.15) is 11.9 Å². The molecule has 0 aromatic heterocycles. The van der Waals surface area contributed by atoms with Gasteiger partial charge in [0.05, 0.1) is 11.0 Å². The highest BCUT2D eigenvalue weighted by Crippen LogP contribution is 2.24. The van der Waals surface area contributed by atoms with Crippen molar-refractivity contribution in [2.45, 2.75) is 39.3 Å². The van der Waals surface area contributed by atoms with Gasteiger partial charge in [0.2, 0.25) is 0 Å². The van der Waals surface area contributed by atoms with Crippen LogP contribution in [0.5, 0.6) is 5.75 Å². The molecule has 1 unspecified atom stereocenters. The molecule has 0 aliphatic carbocycles. The van der Waals surface area contributed by atoms with E-state index >= 15 is 0 Å². The van der Waals surface area contributed by atoms with E-state index in [9.17, 15) is 0 Å². The van der Waals surface area contributed by atoms with Crippen LogP contribution in [0.25, 0.3) is 0 Å². The van der Waals surface area contributed by atoms with Crippen LogP contribution in [0.1, 0.15) is 27.7 Å². The first-order valence-electron chi connectivity index (χ1n) is 6.27. The average molecular weight is 328 g/mol. The maximum absolute atomic E-state index is 5.81. The van der Waals surface area contributed by atoms with Crippen LogP contribution in [-0.4, -0.2) is 24.1 Å². The molecule has 0 spiro atoms. The summed E-state index contributed by atoms with van der Waals surface area (Å²) in [5.41, 5.74) is 5.72. The molecule has 1 atom stereocenters. The van der Waals surface area contributed by atoms with E-state index in [4.69, 9.17) is 10.5 Å². The summed E-state index contributed by atoms with van der Waals surface area (Å²) < 4.78 is 6.73. The Morgan fingerprint density at radius 1 is 1.42 bits per heavy atom. The fraction of sp³-hybridized carbons (Fsp3) is 0.500. The fourth-order valence-corrected chi connectivity index (χ4v) is 1.82. The first-order valence-corrected chi connectivity index (χ1v) is 7.06. The molecule has 5 heteroatoms. The predicted molar refractivity (Wildman–Crippen MR) is 83.6 cm³/mol. The van der Waals surface area contributed by atoms with Crippen molar-refractivity contribution >= 4 is 21.9 Å². The number of guanidine groups is 1. The standard InChI is InChI=1S/C14H22BrN3O/c1-10(9-17-13(16)18-14(2,3)4)19-12-8-6-5-7-11(12)15/h5-8,10H,9H2,1-4H3,(H3,16,17,18).